The van der Waals surface area contributed by atoms with Crippen LogP contribution in [0.3, 0.4) is 0 Å². The Morgan fingerprint density at radius 1 is 1.00 bits per heavy atom. The summed E-state index contributed by atoms with van der Waals surface area (Å²) in [5.41, 5.74) is 13.9. The van der Waals surface area contributed by atoms with E-state index in [1.165, 1.54) is 0 Å². The van der Waals surface area contributed by atoms with Gasteiger partial charge < -0.3 is 11.5 Å². The van der Waals surface area contributed by atoms with Crippen molar-refractivity contribution in [3.63, 3.8) is 0 Å². The van der Waals surface area contributed by atoms with Crippen LogP contribution in [-0.4, -0.2) is 20.4 Å². The first-order chi connectivity index (χ1) is 5.12. The van der Waals surface area contributed by atoms with E-state index in [4.69, 9.17) is 49.1 Å². The molecule has 0 aliphatic heterocycles. The Morgan fingerprint density at radius 3 is 1.17 bits per heavy atom. The first-order valence-electron chi connectivity index (χ1n) is 2.89. The van der Waals surface area contributed by atoms with Crippen LogP contribution in [0.5, 0.6) is 0 Å². The van der Waals surface area contributed by atoms with E-state index in [0.717, 1.165) is 0 Å². The molecule has 80 valence electrons. The summed E-state index contributed by atoms with van der Waals surface area (Å²) in [6.07, 6.45) is 0.993. The van der Waals surface area contributed by atoms with E-state index < -0.39 is 20.0 Å². The molecule has 0 aromatic rings. The second-order valence-corrected chi connectivity index (χ2v) is 27.5. The Bertz CT molecular complexity index is 106. The van der Waals surface area contributed by atoms with E-state index in [0.29, 0.717) is 12.3 Å². The van der Waals surface area contributed by atoms with Crippen LogP contribution in [-0.2, 0) is 11.9 Å². The van der Waals surface area contributed by atoms with Crippen molar-refractivity contribution in [2.45, 2.75) is 13.1 Å². The van der Waals surface area contributed by atoms with Crippen molar-refractivity contribution in [1.29, 1.82) is 0 Å². The summed E-state index contributed by atoms with van der Waals surface area (Å²) in [6.45, 7) is 4.12. The van der Waals surface area contributed by atoms with Gasteiger partial charge in [0.15, 0.2) is 0 Å². The molecular weight excluding hydrogens is 441 g/mol. The average molecular weight is 453 g/mol. The minimum atomic E-state index is -3.06. The van der Waals surface area contributed by atoms with Gasteiger partial charge in [0.25, 0.3) is 0 Å². The fraction of sp³-hybridized carbons (Fsp3) is 1.00. The Hall–Kier alpha value is 1.99. The number of rotatable bonds is 2. The third-order valence-corrected chi connectivity index (χ3v) is 2.87. The van der Waals surface area contributed by atoms with Gasteiger partial charge in [-0.25, -0.2) is 0 Å². The molecular formula is C4H12Cl4N2PtSi. The quantitative estimate of drug-likeness (QED) is 0.548. The van der Waals surface area contributed by atoms with Crippen molar-refractivity contribution in [3.8, 4) is 0 Å². The third kappa shape index (κ3) is 22.7. The van der Waals surface area contributed by atoms with Crippen LogP contribution in [0, 0.1) is 0 Å². The molecule has 2 N–H and O–H groups in total. The van der Waals surface area contributed by atoms with Gasteiger partial charge in [-0.1, -0.05) is 13.1 Å². The fourth-order valence-electron chi connectivity index (χ4n) is 0.0625. The van der Waals surface area contributed by atoms with Crippen LogP contribution < -0.4 is 0 Å². The van der Waals surface area contributed by atoms with E-state index >= 15 is 0 Å². The van der Waals surface area contributed by atoms with Crippen molar-refractivity contribution < 1.29 is 11.9 Å². The SMILES string of the molecule is C[Si](C)(C[NH-])C[NH-].[Cl][Pt+2]([Cl])([Cl])[Cl]. The van der Waals surface area contributed by atoms with E-state index in [1.807, 2.05) is 0 Å². The summed E-state index contributed by atoms with van der Waals surface area (Å²) >= 11 is -3.06. The van der Waals surface area contributed by atoms with Gasteiger partial charge in [-0.3, -0.25) is 0 Å². The Kier molecular flexibility index (Phi) is 9.99. The Labute approximate surface area is 93.8 Å². The maximum absolute atomic E-state index is 6.95. The topological polar surface area (TPSA) is 47.6 Å². The van der Waals surface area contributed by atoms with E-state index in [9.17, 15) is 0 Å². The molecule has 0 amide bonds. The van der Waals surface area contributed by atoms with Crippen molar-refractivity contribution in [2.75, 3.05) is 12.3 Å². The van der Waals surface area contributed by atoms with Crippen LogP contribution >= 0.6 is 37.7 Å². The van der Waals surface area contributed by atoms with E-state index in [2.05, 4.69) is 13.1 Å². The van der Waals surface area contributed by atoms with Crippen molar-refractivity contribution in [1.82, 2.24) is 0 Å². The summed E-state index contributed by atoms with van der Waals surface area (Å²) in [5.74, 6) is 0. The standard InChI is InChI=1S/C4H12N2Si.4ClH.Pt/c1-7(2,3-5)4-6;;;;;/h5-6H,3-4H2,1-2H3;4*1H;/q-2;;;;;+6/p-4. The normalized spacial score (nSPS) is 13.3. The van der Waals surface area contributed by atoms with Gasteiger partial charge in [0, 0.05) is 8.07 Å². The molecule has 0 spiro atoms. The predicted molar refractivity (Wildman–Crippen MR) is 59.3 cm³/mol. The van der Waals surface area contributed by atoms with E-state index in [-0.39, 0.29) is 0 Å². The Morgan fingerprint density at radius 2 is 1.17 bits per heavy atom. The van der Waals surface area contributed by atoms with Gasteiger partial charge in [0.1, 0.15) is 0 Å². The van der Waals surface area contributed by atoms with Crippen molar-refractivity contribution >= 4 is 45.7 Å². The predicted octanol–water partition coefficient (Wildman–Crippen LogP) is 4.63. The van der Waals surface area contributed by atoms with Crippen LogP contribution in [0.2, 0.25) is 13.1 Å². The molecule has 12 heavy (non-hydrogen) atoms. The summed E-state index contributed by atoms with van der Waals surface area (Å²) in [6, 6.07) is 0. The number of hydrogen-bond donors (Lipinski definition) is 0. The summed E-state index contributed by atoms with van der Waals surface area (Å²) in [5, 5.41) is 0. The van der Waals surface area contributed by atoms with Crippen molar-refractivity contribution in [3.05, 3.63) is 11.5 Å². The average Bonchev–Trinajstić information content (AvgIpc) is 1.85. The van der Waals surface area contributed by atoms with Crippen molar-refractivity contribution in [2.24, 2.45) is 0 Å². The minimum absolute atomic E-state index is 0.497. The van der Waals surface area contributed by atoms with Gasteiger partial charge in [-0.2, -0.15) is 12.3 Å². The molecule has 0 aromatic heterocycles. The van der Waals surface area contributed by atoms with Crippen LogP contribution in [0.1, 0.15) is 0 Å². The third-order valence-electron chi connectivity index (χ3n) is 0.957. The monoisotopic (exact) mass is 451 g/mol. The molecule has 0 radical (unpaired) electrons. The van der Waals surface area contributed by atoms with Gasteiger partial charge >= 0.3 is 49.6 Å². The van der Waals surface area contributed by atoms with E-state index in [1.54, 1.807) is 0 Å². The molecule has 0 bridgehead atoms. The van der Waals surface area contributed by atoms with Gasteiger partial charge in [0.2, 0.25) is 0 Å². The van der Waals surface area contributed by atoms with Crippen LogP contribution in [0.15, 0.2) is 0 Å². The summed E-state index contributed by atoms with van der Waals surface area (Å²) < 4.78 is 0. The maximum atomic E-state index is 6.95. The first-order valence-corrected chi connectivity index (χ1v) is 17.6. The second kappa shape index (κ2) is 7.30. The molecule has 0 fully saturated rings. The molecule has 0 atom stereocenters. The molecule has 0 rings (SSSR count). The molecule has 0 aliphatic rings. The molecule has 0 saturated carbocycles. The molecule has 0 aromatic carbocycles. The van der Waals surface area contributed by atoms with Crippen LogP contribution in [0.4, 0.5) is 0 Å². The number of halogens is 4. The molecule has 0 saturated heterocycles. The number of nitrogens with one attached hydrogen (secondary N) is 2. The molecule has 8 heteroatoms. The molecule has 0 heterocycles. The van der Waals surface area contributed by atoms with Crippen LogP contribution in [0.25, 0.3) is 11.5 Å². The zero-order chi connectivity index (χ0) is 10.4. The fourth-order valence-corrected chi connectivity index (χ4v) is 0.187. The summed E-state index contributed by atoms with van der Waals surface area (Å²) in [4.78, 5) is 0. The van der Waals surface area contributed by atoms with Gasteiger partial charge in [-0.15, -0.1) is 0 Å². The van der Waals surface area contributed by atoms with Gasteiger partial charge in [-0.05, 0) is 0 Å². The molecule has 0 aliphatic carbocycles. The Balaban J connectivity index is 0. The zero-order valence-corrected chi connectivity index (χ0v) is 13.0. The number of hydrogen-bond acceptors (Lipinski definition) is 0. The second-order valence-electron chi connectivity index (χ2n) is 2.79. The zero-order valence-electron chi connectivity index (χ0n) is 6.74. The molecule has 0 unspecified atom stereocenters. The summed E-state index contributed by atoms with van der Waals surface area (Å²) in [7, 11) is 18.7. The first kappa shape index (κ1) is 16.4. The molecule has 2 nitrogen and oxygen atoms in total. The van der Waals surface area contributed by atoms with Gasteiger partial charge in [0.05, 0.1) is 0 Å².